The smallest absolute Gasteiger partial charge is 0.273 e. The molecule has 146 valence electrons. The van der Waals surface area contributed by atoms with Crippen molar-refractivity contribution in [2.45, 2.75) is 47.0 Å². The highest BCUT2D eigenvalue weighted by Crippen LogP contribution is 2.44. The largest absolute Gasteiger partial charge is 0.312 e. The van der Waals surface area contributed by atoms with Gasteiger partial charge in [-0.15, -0.1) is 11.3 Å². The van der Waals surface area contributed by atoms with Crippen molar-refractivity contribution in [1.29, 1.82) is 5.26 Å². The van der Waals surface area contributed by atoms with E-state index in [4.69, 9.17) is 0 Å². The Hall–Kier alpha value is -2.72. The first-order valence-electron chi connectivity index (χ1n) is 9.23. The fraction of sp³-hybridized carbons (Fsp3) is 0.429. The third kappa shape index (κ3) is 3.65. The normalized spacial score (nSPS) is 16.2. The first kappa shape index (κ1) is 20.0. The molecule has 0 saturated carbocycles. The predicted molar refractivity (Wildman–Crippen MR) is 110 cm³/mol. The Bertz CT molecular complexity index is 996. The summed E-state index contributed by atoms with van der Waals surface area (Å²) in [6.07, 6.45) is 2.77. The van der Waals surface area contributed by atoms with Gasteiger partial charge in [-0.1, -0.05) is 26.8 Å². The number of carbonyl (C=O) groups is 1. The van der Waals surface area contributed by atoms with Crippen molar-refractivity contribution in [1.82, 2.24) is 0 Å². The second-order valence-electron chi connectivity index (χ2n) is 8.29. The molecule has 1 atom stereocenters. The second kappa shape index (κ2) is 7.36. The number of nitro groups is 1. The maximum absolute atomic E-state index is 12.8. The molecule has 0 radical (unpaired) electrons. The number of hydrogen-bond acceptors (Lipinski definition) is 5. The molecule has 1 heterocycles. The summed E-state index contributed by atoms with van der Waals surface area (Å²) >= 11 is 1.46. The number of nitrogens with zero attached hydrogens (tertiary/aromatic N) is 2. The molecule has 0 saturated heterocycles. The third-order valence-electron chi connectivity index (χ3n) is 5.58. The molecule has 1 amide bonds. The monoisotopic (exact) mass is 397 g/mol. The van der Waals surface area contributed by atoms with Gasteiger partial charge >= 0.3 is 0 Å². The molecular weight excluding hydrogens is 374 g/mol. The van der Waals surface area contributed by atoms with Gasteiger partial charge < -0.3 is 5.32 Å². The fourth-order valence-corrected chi connectivity index (χ4v) is 5.04. The number of thiophene rings is 1. The van der Waals surface area contributed by atoms with Crippen molar-refractivity contribution < 1.29 is 9.72 Å². The molecule has 0 spiro atoms. The summed E-state index contributed by atoms with van der Waals surface area (Å²) in [7, 11) is 0. The number of amides is 1. The number of fused-ring (bicyclic) bond motifs is 1. The van der Waals surface area contributed by atoms with Crippen LogP contribution in [0.25, 0.3) is 0 Å². The predicted octanol–water partition coefficient (Wildman–Crippen LogP) is 5.24. The minimum absolute atomic E-state index is 0.0911. The first-order chi connectivity index (χ1) is 13.1. The summed E-state index contributed by atoms with van der Waals surface area (Å²) in [6, 6.07) is 6.69. The maximum atomic E-state index is 12.8. The van der Waals surface area contributed by atoms with E-state index in [1.54, 1.807) is 13.0 Å². The van der Waals surface area contributed by atoms with Crippen molar-refractivity contribution in [2.75, 3.05) is 5.32 Å². The van der Waals surface area contributed by atoms with Crippen LogP contribution in [-0.2, 0) is 12.8 Å². The van der Waals surface area contributed by atoms with Crippen molar-refractivity contribution >= 4 is 27.9 Å². The number of benzene rings is 1. The molecule has 0 bridgehead atoms. The Morgan fingerprint density at radius 2 is 2.11 bits per heavy atom. The van der Waals surface area contributed by atoms with Crippen LogP contribution in [-0.4, -0.2) is 10.8 Å². The highest BCUT2D eigenvalue weighted by atomic mass is 32.1. The molecule has 0 fully saturated rings. The molecule has 3 rings (SSSR count). The minimum Gasteiger partial charge on any atom is -0.312 e. The van der Waals surface area contributed by atoms with Crippen molar-refractivity contribution in [3.63, 3.8) is 0 Å². The van der Waals surface area contributed by atoms with Gasteiger partial charge in [0, 0.05) is 22.1 Å². The number of nitriles is 1. The third-order valence-corrected chi connectivity index (χ3v) is 6.75. The van der Waals surface area contributed by atoms with Gasteiger partial charge in [-0.25, -0.2) is 0 Å². The number of nitrogens with one attached hydrogen (secondary N) is 1. The Labute approximate surface area is 168 Å². The van der Waals surface area contributed by atoms with E-state index in [0.717, 1.165) is 29.7 Å². The van der Waals surface area contributed by atoms with Gasteiger partial charge in [-0.05, 0) is 49.1 Å². The Balaban J connectivity index is 1.91. The van der Waals surface area contributed by atoms with Gasteiger partial charge in [0.2, 0.25) is 0 Å². The van der Waals surface area contributed by atoms with Crippen LogP contribution in [0.3, 0.4) is 0 Å². The van der Waals surface area contributed by atoms with Gasteiger partial charge in [0.05, 0.1) is 10.5 Å². The van der Waals surface area contributed by atoms with Crippen LogP contribution in [0.2, 0.25) is 0 Å². The highest BCUT2D eigenvalue weighted by molar-refractivity contribution is 7.16. The molecule has 1 aliphatic rings. The van der Waals surface area contributed by atoms with E-state index in [-0.39, 0.29) is 16.7 Å². The zero-order valence-electron chi connectivity index (χ0n) is 16.5. The molecule has 0 unspecified atom stereocenters. The number of hydrogen-bond donors (Lipinski definition) is 1. The molecule has 6 nitrogen and oxygen atoms in total. The molecule has 1 N–H and O–H groups in total. The lowest BCUT2D eigenvalue weighted by Gasteiger charge is -2.33. The summed E-state index contributed by atoms with van der Waals surface area (Å²) in [4.78, 5) is 24.6. The van der Waals surface area contributed by atoms with Crippen LogP contribution >= 0.6 is 11.3 Å². The van der Waals surface area contributed by atoms with Crippen LogP contribution in [0, 0.1) is 39.7 Å². The van der Waals surface area contributed by atoms with Gasteiger partial charge in [0.15, 0.2) is 0 Å². The van der Waals surface area contributed by atoms with Crippen LogP contribution in [0.5, 0.6) is 0 Å². The van der Waals surface area contributed by atoms with Crippen LogP contribution in [0.4, 0.5) is 10.7 Å². The quantitative estimate of drug-likeness (QED) is 0.566. The number of anilines is 1. The van der Waals surface area contributed by atoms with Crippen LogP contribution in [0.15, 0.2) is 18.2 Å². The number of nitro benzene ring substituents is 1. The summed E-state index contributed by atoms with van der Waals surface area (Å²) in [6.45, 7) is 8.26. The van der Waals surface area contributed by atoms with Crippen molar-refractivity contribution in [2.24, 2.45) is 11.3 Å². The Morgan fingerprint density at radius 1 is 1.39 bits per heavy atom. The van der Waals surface area contributed by atoms with Crippen molar-refractivity contribution in [3.05, 3.63) is 55.4 Å². The fourth-order valence-electron chi connectivity index (χ4n) is 3.77. The zero-order chi connectivity index (χ0) is 20.6. The molecule has 0 aliphatic heterocycles. The van der Waals surface area contributed by atoms with Gasteiger partial charge in [-0.3, -0.25) is 14.9 Å². The number of carbonyl (C=O) groups excluding carboxylic acids is 1. The van der Waals surface area contributed by atoms with E-state index in [1.807, 2.05) is 0 Å². The first-order valence-corrected chi connectivity index (χ1v) is 10.0. The van der Waals surface area contributed by atoms with E-state index in [2.05, 4.69) is 32.2 Å². The molecular formula is C21H23N3O3S. The molecule has 1 aliphatic carbocycles. The van der Waals surface area contributed by atoms with Gasteiger partial charge in [0.25, 0.3) is 11.6 Å². The standard InChI is InChI=1S/C21H23N3O3S/c1-12-14(6-5-7-17(12)24(26)27)19(25)23-20-16(11-22)15-9-8-13(21(2,3)4)10-18(15)28-20/h5-7,13H,8-10H2,1-4H3,(H,23,25)/t13-/m0/s1. The van der Waals surface area contributed by atoms with E-state index in [0.29, 0.717) is 22.0 Å². The zero-order valence-corrected chi connectivity index (χ0v) is 17.3. The Morgan fingerprint density at radius 3 is 2.71 bits per heavy atom. The van der Waals surface area contributed by atoms with E-state index >= 15 is 0 Å². The average Bonchev–Trinajstić information content (AvgIpc) is 2.96. The van der Waals surface area contributed by atoms with E-state index in [1.165, 1.54) is 23.5 Å². The molecule has 28 heavy (non-hydrogen) atoms. The molecule has 2 aromatic rings. The topological polar surface area (TPSA) is 96.0 Å². The molecule has 7 heteroatoms. The van der Waals surface area contributed by atoms with Crippen LogP contribution < -0.4 is 5.32 Å². The number of rotatable bonds is 3. The highest BCUT2D eigenvalue weighted by Gasteiger charge is 2.32. The maximum Gasteiger partial charge on any atom is 0.273 e. The summed E-state index contributed by atoms with van der Waals surface area (Å²) in [5, 5.41) is 24.2. The van der Waals surface area contributed by atoms with Crippen molar-refractivity contribution in [3.8, 4) is 6.07 Å². The molecule has 1 aromatic heterocycles. The van der Waals surface area contributed by atoms with Gasteiger partial charge in [-0.2, -0.15) is 5.26 Å². The lowest BCUT2D eigenvalue weighted by atomic mass is 9.72. The summed E-state index contributed by atoms with van der Waals surface area (Å²) in [5.41, 5.74) is 2.24. The van der Waals surface area contributed by atoms with Crippen LogP contribution in [0.1, 0.15) is 59.1 Å². The molecule has 1 aromatic carbocycles. The van der Waals surface area contributed by atoms with E-state index < -0.39 is 10.8 Å². The lowest BCUT2D eigenvalue weighted by molar-refractivity contribution is -0.385. The SMILES string of the molecule is Cc1c(C(=O)Nc2sc3c(c2C#N)CC[C@H](C(C)(C)C)C3)cccc1[N+](=O)[O-]. The lowest BCUT2D eigenvalue weighted by Crippen LogP contribution is -2.26. The van der Waals surface area contributed by atoms with Gasteiger partial charge in [0.1, 0.15) is 11.1 Å². The van der Waals surface area contributed by atoms with E-state index in [9.17, 15) is 20.2 Å². The summed E-state index contributed by atoms with van der Waals surface area (Å²) in [5.74, 6) is 0.108. The average molecular weight is 398 g/mol. The Kier molecular flexibility index (Phi) is 5.26. The summed E-state index contributed by atoms with van der Waals surface area (Å²) < 4.78 is 0. The second-order valence-corrected chi connectivity index (χ2v) is 9.39. The minimum atomic E-state index is -0.497.